The predicted octanol–water partition coefficient (Wildman–Crippen LogP) is 5.53. The van der Waals surface area contributed by atoms with Gasteiger partial charge in [-0.15, -0.1) is 0 Å². The third-order valence-electron chi connectivity index (χ3n) is 5.97. The number of hydrogen-bond acceptors (Lipinski definition) is 4. The van der Waals surface area contributed by atoms with Crippen molar-refractivity contribution in [2.24, 2.45) is 0 Å². The van der Waals surface area contributed by atoms with Gasteiger partial charge >= 0.3 is 0 Å². The van der Waals surface area contributed by atoms with Crippen molar-refractivity contribution in [2.45, 2.75) is 32.4 Å². The van der Waals surface area contributed by atoms with Crippen LogP contribution >= 0.6 is 45.8 Å². The normalized spacial score (nSPS) is 12.0. The van der Waals surface area contributed by atoms with Crippen molar-refractivity contribution in [2.75, 3.05) is 23.7 Å². The van der Waals surface area contributed by atoms with E-state index < -0.39 is 28.5 Å². The third kappa shape index (κ3) is 9.09. The monoisotopic (exact) mass is 701 g/mol. The predicted molar refractivity (Wildman–Crippen MR) is 166 cm³/mol. The van der Waals surface area contributed by atoms with E-state index in [1.807, 2.05) is 37.3 Å². The van der Waals surface area contributed by atoms with Gasteiger partial charge in [-0.25, -0.2) is 8.42 Å². The van der Waals surface area contributed by atoms with E-state index in [2.05, 4.69) is 27.9 Å². The summed E-state index contributed by atoms with van der Waals surface area (Å²) in [6, 6.07) is 20.2. The summed E-state index contributed by atoms with van der Waals surface area (Å²) in [6.07, 6.45) is 2.00. The summed E-state index contributed by atoms with van der Waals surface area (Å²) in [7, 11) is -3.83. The second kappa shape index (κ2) is 14.3. The molecule has 11 heteroatoms. The number of sulfonamides is 1. The lowest BCUT2D eigenvalue weighted by molar-refractivity contribution is -0.140. The fraction of sp³-hybridized carbons (Fsp3) is 0.286. The fourth-order valence-corrected chi connectivity index (χ4v) is 5.65. The second-order valence-electron chi connectivity index (χ2n) is 9.00. The summed E-state index contributed by atoms with van der Waals surface area (Å²) in [4.78, 5) is 28.9. The highest BCUT2D eigenvalue weighted by molar-refractivity contribution is 14.1. The molecule has 1 N–H and O–H groups in total. The minimum absolute atomic E-state index is 0.0177. The van der Waals surface area contributed by atoms with E-state index in [-0.39, 0.29) is 18.9 Å². The topological polar surface area (TPSA) is 86.8 Å². The van der Waals surface area contributed by atoms with E-state index in [0.29, 0.717) is 27.8 Å². The van der Waals surface area contributed by atoms with Gasteiger partial charge < -0.3 is 10.2 Å². The van der Waals surface area contributed by atoms with Crippen LogP contribution in [-0.4, -0.2) is 50.5 Å². The molecule has 0 fully saturated rings. The number of halogens is 3. The van der Waals surface area contributed by atoms with Crippen molar-refractivity contribution in [1.82, 2.24) is 10.2 Å². The first kappa shape index (κ1) is 31.2. The average Bonchev–Trinajstić information content (AvgIpc) is 2.89. The molecule has 0 saturated carbocycles. The molecular formula is C28H30Cl2IN3O4S. The van der Waals surface area contributed by atoms with Gasteiger partial charge in [-0.3, -0.25) is 13.9 Å². The first-order valence-electron chi connectivity index (χ1n) is 12.3. The van der Waals surface area contributed by atoms with Crippen LogP contribution in [0.1, 0.15) is 24.5 Å². The van der Waals surface area contributed by atoms with Crippen molar-refractivity contribution in [3.8, 4) is 0 Å². The lowest BCUT2D eigenvalue weighted by Crippen LogP contribution is -2.53. The Morgan fingerprint density at radius 1 is 1.00 bits per heavy atom. The van der Waals surface area contributed by atoms with Gasteiger partial charge in [0.05, 0.1) is 11.9 Å². The van der Waals surface area contributed by atoms with Gasteiger partial charge in [0.15, 0.2) is 0 Å². The van der Waals surface area contributed by atoms with Crippen LogP contribution in [0.25, 0.3) is 0 Å². The van der Waals surface area contributed by atoms with Crippen molar-refractivity contribution < 1.29 is 18.0 Å². The molecule has 0 bridgehead atoms. The maximum Gasteiger partial charge on any atom is 0.244 e. The minimum Gasteiger partial charge on any atom is -0.354 e. The number of hydrogen-bond donors (Lipinski definition) is 1. The number of carbonyl (C=O) groups is 2. The van der Waals surface area contributed by atoms with Crippen LogP contribution in [0.3, 0.4) is 0 Å². The molecule has 208 valence electrons. The molecule has 0 aliphatic rings. The zero-order valence-corrected chi connectivity index (χ0v) is 26.1. The maximum absolute atomic E-state index is 14.0. The van der Waals surface area contributed by atoms with Gasteiger partial charge in [-0.2, -0.15) is 0 Å². The smallest absolute Gasteiger partial charge is 0.244 e. The number of carbonyl (C=O) groups excluding carboxylic acids is 2. The van der Waals surface area contributed by atoms with Crippen LogP contribution in [0.5, 0.6) is 0 Å². The van der Waals surface area contributed by atoms with Crippen LogP contribution in [-0.2, 0) is 32.6 Å². The molecule has 0 aromatic heterocycles. The van der Waals surface area contributed by atoms with E-state index in [1.165, 1.54) is 4.90 Å². The van der Waals surface area contributed by atoms with E-state index in [9.17, 15) is 18.0 Å². The van der Waals surface area contributed by atoms with Gasteiger partial charge in [0, 0.05) is 33.1 Å². The van der Waals surface area contributed by atoms with Gasteiger partial charge in [-0.05, 0) is 76.5 Å². The number of rotatable bonds is 12. The lowest BCUT2D eigenvalue weighted by atomic mass is 10.0. The highest BCUT2D eigenvalue weighted by atomic mass is 127. The summed E-state index contributed by atoms with van der Waals surface area (Å²) < 4.78 is 27.6. The Kier molecular flexibility index (Phi) is 11.5. The molecule has 0 radical (unpaired) electrons. The molecule has 0 spiro atoms. The fourth-order valence-electron chi connectivity index (χ4n) is 3.97. The zero-order chi connectivity index (χ0) is 28.6. The van der Waals surface area contributed by atoms with Crippen LogP contribution in [0.4, 0.5) is 5.69 Å². The number of amides is 2. The molecular weight excluding hydrogens is 672 g/mol. The highest BCUT2D eigenvalue weighted by Gasteiger charge is 2.33. The van der Waals surface area contributed by atoms with E-state index in [4.69, 9.17) is 23.2 Å². The number of anilines is 1. The van der Waals surface area contributed by atoms with Gasteiger partial charge in [0.2, 0.25) is 21.8 Å². The highest BCUT2D eigenvalue weighted by Crippen LogP contribution is 2.25. The van der Waals surface area contributed by atoms with Crippen LogP contribution < -0.4 is 9.62 Å². The summed E-state index contributed by atoms with van der Waals surface area (Å²) in [5.74, 6) is -0.878. The standard InChI is InChI=1S/C28H30Cl2IN3O4S/c1-3-15-32-28(36)26(16-20-7-5-4-6-8-20)33(18-21-9-10-22(29)17-25(21)30)27(35)19-34(39(2,37)38)24-13-11-23(31)12-14-24/h4-14,17,26H,3,15-16,18-19H2,1-2H3,(H,32,36)/t26-/m0/s1. The number of nitrogens with one attached hydrogen (secondary N) is 1. The molecule has 7 nitrogen and oxygen atoms in total. The van der Waals surface area contributed by atoms with Crippen LogP contribution in [0, 0.1) is 3.57 Å². The Bertz CT molecular complexity index is 1390. The first-order valence-corrected chi connectivity index (χ1v) is 16.0. The quantitative estimate of drug-likeness (QED) is 0.252. The molecule has 3 aromatic carbocycles. The largest absolute Gasteiger partial charge is 0.354 e. The lowest BCUT2D eigenvalue weighted by Gasteiger charge is -2.33. The van der Waals surface area contributed by atoms with Crippen molar-refractivity contribution in [3.05, 3.63) is 97.5 Å². The Hall–Kier alpha value is -2.34. The average molecular weight is 702 g/mol. The van der Waals surface area contributed by atoms with E-state index in [0.717, 1.165) is 26.1 Å². The Morgan fingerprint density at radius 3 is 2.26 bits per heavy atom. The molecule has 0 heterocycles. The molecule has 2 amide bonds. The van der Waals surface area contributed by atoms with E-state index >= 15 is 0 Å². The molecule has 3 rings (SSSR count). The summed E-state index contributed by atoms with van der Waals surface area (Å²) in [5, 5.41) is 3.67. The summed E-state index contributed by atoms with van der Waals surface area (Å²) in [5.41, 5.74) is 1.79. The summed E-state index contributed by atoms with van der Waals surface area (Å²) in [6.45, 7) is 1.87. The molecule has 1 atom stereocenters. The first-order chi connectivity index (χ1) is 18.5. The third-order valence-corrected chi connectivity index (χ3v) is 8.42. The van der Waals surface area contributed by atoms with Gasteiger partial charge in [-0.1, -0.05) is 66.5 Å². The second-order valence-corrected chi connectivity index (χ2v) is 13.0. The Labute approximate surface area is 253 Å². The zero-order valence-electron chi connectivity index (χ0n) is 21.6. The van der Waals surface area contributed by atoms with Gasteiger partial charge in [0.1, 0.15) is 12.6 Å². The molecule has 0 unspecified atom stereocenters. The van der Waals surface area contributed by atoms with Crippen LogP contribution in [0.2, 0.25) is 10.0 Å². The Balaban J connectivity index is 2.06. The molecule has 3 aromatic rings. The van der Waals surface area contributed by atoms with Gasteiger partial charge in [0.25, 0.3) is 0 Å². The van der Waals surface area contributed by atoms with Crippen LogP contribution in [0.15, 0.2) is 72.8 Å². The van der Waals surface area contributed by atoms with Crippen molar-refractivity contribution >= 4 is 73.3 Å². The molecule has 0 aliphatic heterocycles. The summed E-state index contributed by atoms with van der Waals surface area (Å²) >= 11 is 14.7. The SMILES string of the molecule is CCCNC(=O)[C@H](Cc1ccccc1)N(Cc1ccc(Cl)cc1Cl)C(=O)CN(c1ccc(I)cc1)S(C)(=O)=O. The Morgan fingerprint density at radius 2 is 1.67 bits per heavy atom. The molecule has 0 aliphatic carbocycles. The minimum atomic E-state index is -3.83. The maximum atomic E-state index is 14.0. The molecule has 0 saturated heterocycles. The number of nitrogens with zero attached hydrogens (tertiary/aromatic N) is 2. The number of benzene rings is 3. The van der Waals surface area contributed by atoms with Crippen molar-refractivity contribution in [1.29, 1.82) is 0 Å². The van der Waals surface area contributed by atoms with E-state index in [1.54, 1.807) is 42.5 Å². The van der Waals surface area contributed by atoms with Crippen molar-refractivity contribution in [3.63, 3.8) is 0 Å². The molecule has 39 heavy (non-hydrogen) atoms.